The first-order chi connectivity index (χ1) is 7.04. The highest BCUT2D eigenvalue weighted by atomic mass is 35.7. The van der Waals surface area contributed by atoms with Gasteiger partial charge in [0.25, 0.3) is 0 Å². The first kappa shape index (κ1) is 11.3. The second-order valence-electron chi connectivity index (χ2n) is 3.53. The summed E-state index contributed by atoms with van der Waals surface area (Å²) < 4.78 is 21.6. The standard InChI is InChI=1S/C10H11ClO2S2/c11-15(12,13)6-4-8-1-2-10-9(7-8)3-5-14-10/h1-2,7H,3-6H2. The summed E-state index contributed by atoms with van der Waals surface area (Å²) in [6.45, 7) is 0. The van der Waals surface area contributed by atoms with Crippen LogP contribution in [0.3, 0.4) is 0 Å². The van der Waals surface area contributed by atoms with Crippen LogP contribution in [0.1, 0.15) is 11.1 Å². The predicted molar refractivity (Wildman–Crippen MR) is 64.2 cm³/mol. The lowest BCUT2D eigenvalue weighted by atomic mass is 10.1. The van der Waals surface area contributed by atoms with Crippen molar-refractivity contribution in [3.8, 4) is 0 Å². The monoisotopic (exact) mass is 262 g/mol. The van der Waals surface area contributed by atoms with Gasteiger partial charge in [0.15, 0.2) is 0 Å². The van der Waals surface area contributed by atoms with E-state index < -0.39 is 9.05 Å². The lowest BCUT2D eigenvalue weighted by Crippen LogP contribution is -2.01. The summed E-state index contributed by atoms with van der Waals surface area (Å²) in [7, 11) is 1.80. The van der Waals surface area contributed by atoms with Gasteiger partial charge in [-0.2, -0.15) is 0 Å². The minimum absolute atomic E-state index is 0.0144. The van der Waals surface area contributed by atoms with Gasteiger partial charge in [0.2, 0.25) is 9.05 Å². The maximum Gasteiger partial charge on any atom is 0.232 e. The molecule has 0 spiro atoms. The Balaban J connectivity index is 2.10. The molecule has 1 aromatic carbocycles. The van der Waals surface area contributed by atoms with Crippen molar-refractivity contribution in [2.45, 2.75) is 17.7 Å². The van der Waals surface area contributed by atoms with Crippen molar-refractivity contribution in [2.24, 2.45) is 0 Å². The van der Waals surface area contributed by atoms with E-state index in [9.17, 15) is 8.42 Å². The molecule has 1 heterocycles. The number of fused-ring (bicyclic) bond motifs is 1. The molecule has 0 bridgehead atoms. The summed E-state index contributed by atoms with van der Waals surface area (Å²) in [6, 6.07) is 6.15. The summed E-state index contributed by atoms with van der Waals surface area (Å²) >= 11 is 1.86. The van der Waals surface area contributed by atoms with Crippen molar-refractivity contribution in [3.63, 3.8) is 0 Å². The Bertz CT molecular complexity index is 468. The van der Waals surface area contributed by atoms with Crippen LogP contribution in [0.15, 0.2) is 23.1 Å². The lowest BCUT2D eigenvalue weighted by molar-refractivity contribution is 0.609. The van der Waals surface area contributed by atoms with Gasteiger partial charge in [0, 0.05) is 21.3 Å². The third-order valence-electron chi connectivity index (χ3n) is 2.39. The highest BCUT2D eigenvalue weighted by molar-refractivity contribution is 8.13. The van der Waals surface area contributed by atoms with E-state index in [2.05, 4.69) is 12.1 Å². The highest BCUT2D eigenvalue weighted by Gasteiger charge is 2.12. The zero-order valence-corrected chi connectivity index (χ0v) is 10.5. The van der Waals surface area contributed by atoms with Crippen molar-refractivity contribution in [1.29, 1.82) is 0 Å². The van der Waals surface area contributed by atoms with Crippen LogP contribution in [0, 0.1) is 0 Å². The van der Waals surface area contributed by atoms with E-state index in [0.717, 1.165) is 17.7 Å². The molecule has 1 aromatic rings. The van der Waals surface area contributed by atoms with Gasteiger partial charge in [-0.1, -0.05) is 12.1 Å². The predicted octanol–water partition coefficient (Wildman–Crippen LogP) is 2.45. The van der Waals surface area contributed by atoms with Gasteiger partial charge in [0.1, 0.15) is 0 Å². The molecule has 15 heavy (non-hydrogen) atoms. The first-order valence-electron chi connectivity index (χ1n) is 4.71. The Labute approximate surface area is 98.4 Å². The molecule has 0 unspecified atom stereocenters. The quantitative estimate of drug-likeness (QED) is 0.785. The molecular formula is C10H11ClO2S2. The summed E-state index contributed by atoms with van der Waals surface area (Å²) in [6.07, 6.45) is 1.59. The van der Waals surface area contributed by atoms with E-state index in [4.69, 9.17) is 10.7 Å². The van der Waals surface area contributed by atoms with Crippen molar-refractivity contribution in [3.05, 3.63) is 29.3 Å². The number of hydrogen-bond donors (Lipinski definition) is 0. The summed E-state index contributed by atoms with van der Waals surface area (Å²) in [4.78, 5) is 1.33. The molecule has 0 saturated heterocycles. The fourth-order valence-electron chi connectivity index (χ4n) is 1.64. The van der Waals surface area contributed by atoms with Crippen molar-refractivity contribution in [1.82, 2.24) is 0 Å². The normalized spacial score (nSPS) is 15.3. The van der Waals surface area contributed by atoms with Gasteiger partial charge in [0.05, 0.1) is 5.75 Å². The van der Waals surface area contributed by atoms with Gasteiger partial charge < -0.3 is 0 Å². The number of benzene rings is 1. The summed E-state index contributed by atoms with van der Waals surface area (Å²) in [5, 5.41) is 0. The zero-order valence-electron chi connectivity index (χ0n) is 8.07. The second-order valence-corrected chi connectivity index (χ2v) is 7.57. The highest BCUT2D eigenvalue weighted by Crippen LogP contribution is 2.31. The fourth-order valence-corrected chi connectivity index (χ4v) is 3.40. The smallest absolute Gasteiger partial charge is 0.212 e. The van der Waals surface area contributed by atoms with Crippen molar-refractivity contribution >= 4 is 31.5 Å². The molecule has 2 nitrogen and oxygen atoms in total. The topological polar surface area (TPSA) is 34.1 Å². The first-order valence-corrected chi connectivity index (χ1v) is 8.18. The van der Waals surface area contributed by atoms with E-state index in [1.165, 1.54) is 10.5 Å². The molecular weight excluding hydrogens is 252 g/mol. The Morgan fingerprint density at radius 1 is 1.40 bits per heavy atom. The van der Waals surface area contributed by atoms with Crippen LogP contribution in [0.25, 0.3) is 0 Å². The molecule has 0 aromatic heterocycles. The van der Waals surface area contributed by atoms with Crippen LogP contribution in [-0.2, 0) is 21.9 Å². The van der Waals surface area contributed by atoms with Crippen LogP contribution in [0.2, 0.25) is 0 Å². The minimum atomic E-state index is -3.37. The molecule has 1 aliphatic heterocycles. The SMILES string of the molecule is O=S(=O)(Cl)CCc1ccc2c(c1)CCS2. The van der Waals surface area contributed by atoms with Gasteiger partial charge in [-0.05, 0) is 30.0 Å². The third kappa shape index (κ3) is 3.13. The number of hydrogen-bond acceptors (Lipinski definition) is 3. The fraction of sp³-hybridized carbons (Fsp3) is 0.400. The van der Waals surface area contributed by atoms with Crippen LogP contribution in [0.4, 0.5) is 0 Å². The average Bonchev–Trinajstić information content (AvgIpc) is 2.60. The molecule has 0 radical (unpaired) electrons. The largest absolute Gasteiger partial charge is 0.232 e. The van der Waals surface area contributed by atoms with Crippen LogP contribution in [-0.4, -0.2) is 19.9 Å². The van der Waals surface area contributed by atoms with Crippen molar-refractivity contribution < 1.29 is 8.42 Å². The van der Waals surface area contributed by atoms with E-state index in [0.29, 0.717) is 6.42 Å². The maximum atomic E-state index is 10.8. The third-order valence-corrected chi connectivity index (χ3v) is 4.66. The average molecular weight is 263 g/mol. The van der Waals surface area contributed by atoms with E-state index in [1.54, 1.807) is 0 Å². The Kier molecular flexibility index (Phi) is 3.28. The van der Waals surface area contributed by atoms with E-state index >= 15 is 0 Å². The number of rotatable bonds is 3. The molecule has 0 fully saturated rings. The zero-order chi connectivity index (χ0) is 10.9. The summed E-state index contributed by atoms with van der Waals surface area (Å²) in [5.74, 6) is 1.15. The Morgan fingerprint density at radius 2 is 2.20 bits per heavy atom. The molecule has 82 valence electrons. The molecule has 0 atom stereocenters. The molecule has 0 saturated carbocycles. The number of thioether (sulfide) groups is 1. The molecule has 0 N–H and O–H groups in total. The molecule has 1 aliphatic rings. The summed E-state index contributed by atoms with van der Waals surface area (Å²) in [5.41, 5.74) is 2.39. The Morgan fingerprint density at radius 3 is 2.93 bits per heavy atom. The molecule has 5 heteroatoms. The van der Waals surface area contributed by atoms with Gasteiger partial charge in [-0.3, -0.25) is 0 Å². The number of halogens is 1. The van der Waals surface area contributed by atoms with Gasteiger partial charge >= 0.3 is 0 Å². The molecule has 0 amide bonds. The van der Waals surface area contributed by atoms with Gasteiger partial charge in [-0.25, -0.2) is 8.42 Å². The van der Waals surface area contributed by atoms with Crippen LogP contribution >= 0.6 is 22.4 Å². The maximum absolute atomic E-state index is 10.8. The molecule has 0 aliphatic carbocycles. The second kappa shape index (κ2) is 4.36. The molecule has 2 rings (SSSR count). The minimum Gasteiger partial charge on any atom is -0.212 e. The van der Waals surface area contributed by atoms with Gasteiger partial charge in [-0.15, -0.1) is 11.8 Å². The van der Waals surface area contributed by atoms with Crippen LogP contribution in [0.5, 0.6) is 0 Å². The van der Waals surface area contributed by atoms with E-state index in [1.807, 2.05) is 17.8 Å². The lowest BCUT2D eigenvalue weighted by Gasteiger charge is -2.02. The van der Waals surface area contributed by atoms with Crippen LogP contribution < -0.4 is 0 Å². The van der Waals surface area contributed by atoms with Crippen molar-refractivity contribution in [2.75, 3.05) is 11.5 Å². The Hall–Kier alpha value is -0.190. The van der Waals surface area contributed by atoms with E-state index in [-0.39, 0.29) is 5.75 Å². The number of aryl methyl sites for hydroxylation is 2.